The highest BCUT2D eigenvalue weighted by molar-refractivity contribution is 5.76. The van der Waals surface area contributed by atoms with Crippen LogP contribution in [0.4, 0.5) is 4.79 Å². The second-order valence-electron chi connectivity index (χ2n) is 9.24. The first-order valence-corrected chi connectivity index (χ1v) is 11.8. The molecule has 9 heteroatoms. The number of urea groups is 1. The maximum Gasteiger partial charge on any atom is 0.318 e. The van der Waals surface area contributed by atoms with Gasteiger partial charge in [-0.2, -0.15) is 10.2 Å². The molecule has 0 saturated carbocycles. The summed E-state index contributed by atoms with van der Waals surface area (Å²) in [5.41, 5.74) is 4.07. The van der Waals surface area contributed by atoms with Crippen molar-refractivity contribution in [3.63, 3.8) is 0 Å². The van der Waals surface area contributed by atoms with Crippen molar-refractivity contribution in [1.82, 2.24) is 20.4 Å². The number of benzene rings is 2. The normalized spacial score (nSPS) is 17.5. The van der Waals surface area contributed by atoms with Gasteiger partial charge in [0.25, 0.3) is 5.89 Å². The number of β-amino-alcohol motifs (C(OH)–C–C–N with tert-alkyl or cyclic N) is 1. The van der Waals surface area contributed by atoms with E-state index in [4.69, 9.17) is 9.26 Å². The van der Waals surface area contributed by atoms with Crippen molar-refractivity contribution in [1.29, 1.82) is 5.26 Å². The van der Waals surface area contributed by atoms with E-state index >= 15 is 0 Å². The lowest BCUT2D eigenvalue weighted by Crippen LogP contribution is -2.57. The van der Waals surface area contributed by atoms with Crippen molar-refractivity contribution < 1.29 is 19.2 Å². The van der Waals surface area contributed by atoms with E-state index in [0.29, 0.717) is 41.7 Å². The number of carbonyl (C=O) groups is 1. The molecule has 1 aliphatic carbocycles. The number of hydrogen-bond acceptors (Lipinski definition) is 7. The van der Waals surface area contributed by atoms with Gasteiger partial charge in [-0.25, -0.2) is 4.79 Å². The van der Waals surface area contributed by atoms with Crippen molar-refractivity contribution in [2.75, 3.05) is 13.1 Å². The summed E-state index contributed by atoms with van der Waals surface area (Å²) in [7, 11) is 0. The van der Waals surface area contributed by atoms with Crippen LogP contribution in [0.15, 0.2) is 40.9 Å². The summed E-state index contributed by atoms with van der Waals surface area (Å²) >= 11 is 0. The minimum atomic E-state index is -0.429. The van der Waals surface area contributed by atoms with E-state index in [1.807, 2.05) is 32.0 Å². The van der Waals surface area contributed by atoms with Crippen molar-refractivity contribution in [3.05, 3.63) is 53.1 Å². The number of amides is 2. The van der Waals surface area contributed by atoms with E-state index in [1.165, 1.54) is 0 Å². The molecule has 0 radical (unpaired) electrons. The molecule has 1 saturated heterocycles. The SMILES string of the molecule is CC(C)Oc1ccc(-c2nc(-c3cccc4c3CCCC4NC(=O)N3CC(O)C3)no2)cc1C#N. The molecule has 2 aliphatic rings. The molecule has 2 aromatic carbocycles. The Kier molecular flexibility index (Phi) is 6.14. The Morgan fingerprint density at radius 2 is 2.14 bits per heavy atom. The van der Waals surface area contributed by atoms with Gasteiger partial charge in [0.05, 0.1) is 36.9 Å². The van der Waals surface area contributed by atoms with Crippen LogP contribution in [0.2, 0.25) is 0 Å². The highest BCUT2D eigenvalue weighted by atomic mass is 16.5. The Labute approximate surface area is 203 Å². The van der Waals surface area contributed by atoms with E-state index in [0.717, 1.165) is 36.0 Å². The van der Waals surface area contributed by atoms with Gasteiger partial charge >= 0.3 is 6.03 Å². The number of aliphatic hydroxyl groups is 1. The highest BCUT2D eigenvalue weighted by Gasteiger charge is 2.32. The quantitative estimate of drug-likeness (QED) is 0.577. The maximum atomic E-state index is 12.5. The Hall–Kier alpha value is -3.90. The minimum absolute atomic E-state index is 0.0432. The smallest absolute Gasteiger partial charge is 0.318 e. The number of carbonyl (C=O) groups excluding carboxylic acids is 1. The van der Waals surface area contributed by atoms with Crippen LogP contribution >= 0.6 is 0 Å². The number of hydrogen-bond donors (Lipinski definition) is 2. The average Bonchev–Trinajstić information content (AvgIpc) is 3.32. The minimum Gasteiger partial charge on any atom is -0.490 e. The van der Waals surface area contributed by atoms with Gasteiger partial charge in [-0.1, -0.05) is 23.4 Å². The predicted octanol–water partition coefficient (Wildman–Crippen LogP) is 3.83. The van der Waals surface area contributed by atoms with E-state index < -0.39 is 6.10 Å². The lowest BCUT2D eigenvalue weighted by molar-refractivity contribution is 0.0256. The molecule has 2 N–H and O–H groups in total. The van der Waals surface area contributed by atoms with Gasteiger partial charge in [0.1, 0.15) is 11.8 Å². The van der Waals surface area contributed by atoms with Crippen LogP contribution < -0.4 is 10.1 Å². The van der Waals surface area contributed by atoms with Crippen LogP contribution in [0.5, 0.6) is 5.75 Å². The molecule has 5 rings (SSSR count). The fourth-order valence-electron chi connectivity index (χ4n) is 4.63. The van der Waals surface area contributed by atoms with Gasteiger partial charge in [0, 0.05) is 11.1 Å². The zero-order valence-electron chi connectivity index (χ0n) is 19.7. The highest BCUT2D eigenvalue weighted by Crippen LogP contribution is 2.36. The number of likely N-dealkylation sites (tertiary alicyclic amines) is 1. The van der Waals surface area contributed by atoms with Gasteiger partial charge in [-0.05, 0) is 62.4 Å². The number of aromatic nitrogens is 2. The molecule has 1 unspecified atom stereocenters. The fraction of sp³-hybridized carbons (Fsp3) is 0.385. The van der Waals surface area contributed by atoms with Crippen LogP contribution in [0.25, 0.3) is 22.8 Å². The van der Waals surface area contributed by atoms with Crippen LogP contribution in [0.1, 0.15) is 49.4 Å². The summed E-state index contributed by atoms with van der Waals surface area (Å²) in [4.78, 5) is 18.8. The fourth-order valence-corrected chi connectivity index (χ4v) is 4.63. The topological polar surface area (TPSA) is 125 Å². The molecule has 1 fully saturated rings. The molecule has 1 atom stereocenters. The van der Waals surface area contributed by atoms with Crippen molar-refractivity contribution >= 4 is 6.03 Å². The van der Waals surface area contributed by atoms with E-state index in [2.05, 4.69) is 21.5 Å². The molecule has 3 aromatic rings. The third-order valence-electron chi connectivity index (χ3n) is 6.33. The van der Waals surface area contributed by atoms with Gasteiger partial charge in [-0.15, -0.1) is 0 Å². The lowest BCUT2D eigenvalue weighted by Gasteiger charge is -2.37. The summed E-state index contributed by atoms with van der Waals surface area (Å²) in [6.07, 6.45) is 2.15. The van der Waals surface area contributed by atoms with Crippen LogP contribution in [0, 0.1) is 11.3 Å². The van der Waals surface area contributed by atoms with Crippen LogP contribution in [-0.4, -0.2) is 51.5 Å². The van der Waals surface area contributed by atoms with Crippen molar-refractivity contribution in [2.45, 2.75) is 51.4 Å². The molecule has 2 amide bonds. The Morgan fingerprint density at radius 1 is 1.31 bits per heavy atom. The van der Waals surface area contributed by atoms with E-state index in [1.54, 1.807) is 23.1 Å². The monoisotopic (exact) mass is 473 g/mol. The molecule has 1 aliphatic heterocycles. The van der Waals surface area contributed by atoms with Gasteiger partial charge in [0.15, 0.2) is 0 Å². The number of rotatable bonds is 5. The summed E-state index contributed by atoms with van der Waals surface area (Å²) in [6.45, 7) is 4.56. The molecule has 0 spiro atoms. The average molecular weight is 474 g/mol. The zero-order valence-corrected chi connectivity index (χ0v) is 19.7. The standard InChI is InChI=1S/C26H27N5O4/c1-15(2)34-23-10-9-16(11-17(23)12-27)25-29-24(30-35-25)21-7-3-6-20-19(21)5-4-8-22(20)28-26(33)31-13-18(32)14-31/h3,6-7,9-11,15,18,22,32H,4-5,8,13-14H2,1-2H3,(H,28,33). The van der Waals surface area contributed by atoms with Gasteiger partial charge in [-0.3, -0.25) is 0 Å². The lowest BCUT2D eigenvalue weighted by atomic mass is 9.84. The molecule has 180 valence electrons. The maximum absolute atomic E-state index is 12.5. The summed E-state index contributed by atoms with van der Waals surface area (Å²) in [6, 6.07) is 13.1. The Bertz CT molecular complexity index is 1290. The van der Waals surface area contributed by atoms with Crippen molar-refractivity contribution in [3.8, 4) is 34.7 Å². The van der Waals surface area contributed by atoms with Crippen molar-refractivity contribution in [2.24, 2.45) is 0 Å². The first-order chi connectivity index (χ1) is 16.9. The van der Waals surface area contributed by atoms with Crippen LogP contribution in [-0.2, 0) is 6.42 Å². The third kappa shape index (κ3) is 4.57. The first kappa shape index (κ1) is 22.9. The number of nitriles is 1. The number of nitrogens with one attached hydrogen (secondary N) is 1. The largest absolute Gasteiger partial charge is 0.490 e. The number of ether oxygens (including phenoxy) is 1. The zero-order chi connectivity index (χ0) is 24.5. The second-order valence-corrected chi connectivity index (χ2v) is 9.24. The van der Waals surface area contributed by atoms with Gasteiger partial charge < -0.3 is 24.6 Å². The van der Waals surface area contributed by atoms with E-state index in [9.17, 15) is 15.2 Å². The molecular formula is C26H27N5O4. The summed E-state index contributed by atoms with van der Waals surface area (Å²) in [5.74, 6) is 1.31. The molecule has 35 heavy (non-hydrogen) atoms. The van der Waals surface area contributed by atoms with Crippen LogP contribution in [0.3, 0.4) is 0 Å². The molecular weight excluding hydrogens is 446 g/mol. The molecule has 2 heterocycles. The summed E-state index contributed by atoms with van der Waals surface area (Å²) < 4.78 is 11.3. The summed E-state index contributed by atoms with van der Waals surface area (Å²) in [5, 5.41) is 26.3. The number of aliphatic hydroxyl groups excluding tert-OH is 1. The van der Waals surface area contributed by atoms with E-state index in [-0.39, 0.29) is 18.2 Å². The number of fused-ring (bicyclic) bond motifs is 1. The Morgan fingerprint density at radius 3 is 2.89 bits per heavy atom. The van der Waals surface area contributed by atoms with Gasteiger partial charge in [0.2, 0.25) is 5.82 Å². The number of nitrogens with zero attached hydrogens (tertiary/aromatic N) is 4. The molecule has 0 bridgehead atoms. The molecule has 1 aromatic heterocycles. The second kappa shape index (κ2) is 9.39. The first-order valence-electron chi connectivity index (χ1n) is 11.8. The molecule has 9 nitrogen and oxygen atoms in total. The Balaban J connectivity index is 1.40. The third-order valence-corrected chi connectivity index (χ3v) is 6.33. The predicted molar refractivity (Wildman–Crippen MR) is 127 cm³/mol.